The summed E-state index contributed by atoms with van der Waals surface area (Å²) in [5, 5.41) is 20.1. The van der Waals surface area contributed by atoms with Crippen LogP contribution < -0.4 is 21.0 Å². The van der Waals surface area contributed by atoms with Gasteiger partial charge in [0.2, 0.25) is 17.6 Å². The molecule has 1 aromatic heterocycles. The first-order valence-electron chi connectivity index (χ1n) is 10.2. The van der Waals surface area contributed by atoms with Crippen molar-refractivity contribution in [2.24, 2.45) is 10.8 Å². The van der Waals surface area contributed by atoms with Gasteiger partial charge in [0.05, 0.1) is 32.1 Å². The molecule has 0 spiro atoms. The van der Waals surface area contributed by atoms with E-state index in [0.29, 0.717) is 49.8 Å². The lowest BCUT2D eigenvalue weighted by molar-refractivity contribution is 0.121. The summed E-state index contributed by atoms with van der Waals surface area (Å²) in [7, 11) is 0. The predicted octanol–water partition coefficient (Wildman–Crippen LogP) is 0.439. The Morgan fingerprint density at radius 3 is 1.97 bits per heavy atom. The molecule has 2 aliphatic rings. The molecule has 4 rings (SSSR count). The van der Waals surface area contributed by atoms with Crippen LogP contribution in [0.15, 0.2) is 29.4 Å². The molecule has 0 aliphatic carbocycles. The van der Waals surface area contributed by atoms with Crippen molar-refractivity contribution in [3.05, 3.63) is 24.3 Å². The number of morpholine rings is 2. The molecule has 2 aromatic rings. The smallest absolute Gasteiger partial charge is 0.230 e. The van der Waals surface area contributed by atoms with Crippen LogP contribution in [0.1, 0.15) is 0 Å². The number of nitrogens with zero attached hydrogens (tertiary/aromatic N) is 7. The van der Waals surface area contributed by atoms with Gasteiger partial charge in [-0.2, -0.15) is 25.3 Å². The normalized spacial score (nSPS) is 17.0. The van der Waals surface area contributed by atoms with Gasteiger partial charge in [0, 0.05) is 31.7 Å². The summed E-state index contributed by atoms with van der Waals surface area (Å²) in [5.41, 5.74) is 9.31. The van der Waals surface area contributed by atoms with E-state index in [1.807, 2.05) is 12.1 Å². The number of nitrogens with two attached hydrogens (primary N) is 1. The van der Waals surface area contributed by atoms with Gasteiger partial charge < -0.3 is 25.0 Å². The number of rotatable bonds is 6. The number of nitriles is 1. The van der Waals surface area contributed by atoms with Crippen molar-refractivity contribution in [3.63, 3.8) is 0 Å². The highest BCUT2D eigenvalue weighted by molar-refractivity contribution is 6.45. The molecule has 0 saturated carbocycles. The maximum atomic E-state index is 8.95. The van der Waals surface area contributed by atoms with Crippen molar-refractivity contribution in [1.82, 2.24) is 15.0 Å². The van der Waals surface area contributed by atoms with Crippen LogP contribution >= 0.6 is 0 Å². The molecule has 2 fully saturated rings. The number of ether oxygens (including phenoxy) is 2. The Kier molecular flexibility index (Phi) is 6.69. The van der Waals surface area contributed by atoms with Crippen LogP contribution in [-0.2, 0) is 9.47 Å². The maximum absolute atomic E-state index is 8.95. The van der Waals surface area contributed by atoms with Crippen molar-refractivity contribution in [1.29, 1.82) is 10.7 Å². The first-order chi connectivity index (χ1) is 15.6. The zero-order valence-corrected chi connectivity index (χ0v) is 17.5. The molecule has 0 atom stereocenters. The average Bonchev–Trinajstić information content (AvgIpc) is 2.85. The van der Waals surface area contributed by atoms with Crippen molar-refractivity contribution < 1.29 is 9.47 Å². The van der Waals surface area contributed by atoms with Crippen LogP contribution in [0.2, 0.25) is 0 Å². The first kappa shape index (κ1) is 21.4. The Labute approximate surface area is 185 Å². The Balaban J connectivity index is 1.61. The molecule has 0 unspecified atom stereocenters. The number of benzene rings is 1. The standard InChI is InChI=1S/C20H24N10O2/c21-13-16(17(22)23)28-27-15-3-1-14(2-4-15)18-24-19(29-5-9-31-10-6-29)26-20(25-18)30-7-11-32-12-8-30/h1-4,27H,5-12H2,(H3,22,23)/b28-16+. The van der Waals surface area contributed by atoms with Crippen molar-refractivity contribution >= 4 is 29.1 Å². The van der Waals surface area contributed by atoms with Gasteiger partial charge in [0.15, 0.2) is 11.7 Å². The summed E-state index contributed by atoms with van der Waals surface area (Å²) in [4.78, 5) is 18.4. The first-order valence-corrected chi connectivity index (χ1v) is 10.2. The fourth-order valence-corrected chi connectivity index (χ4v) is 3.25. The van der Waals surface area contributed by atoms with E-state index in [0.717, 1.165) is 31.7 Å². The molecule has 2 aliphatic heterocycles. The second-order valence-corrected chi connectivity index (χ2v) is 7.13. The summed E-state index contributed by atoms with van der Waals surface area (Å²) >= 11 is 0. The quantitative estimate of drug-likeness (QED) is 0.329. The molecule has 12 heteroatoms. The van der Waals surface area contributed by atoms with Crippen molar-refractivity contribution in [2.45, 2.75) is 0 Å². The summed E-state index contributed by atoms with van der Waals surface area (Å²) in [5.74, 6) is 1.44. The van der Waals surface area contributed by atoms with E-state index in [-0.39, 0.29) is 5.71 Å². The van der Waals surface area contributed by atoms with Crippen molar-refractivity contribution in [3.8, 4) is 17.5 Å². The zero-order chi connectivity index (χ0) is 22.3. The summed E-state index contributed by atoms with van der Waals surface area (Å²) in [6.45, 7) is 5.46. The highest BCUT2D eigenvalue weighted by Gasteiger charge is 2.21. The minimum Gasteiger partial charge on any atom is -0.382 e. The molecule has 12 nitrogen and oxygen atoms in total. The van der Waals surface area contributed by atoms with Crippen molar-refractivity contribution in [2.75, 3.05) is 67.8 Å². The Bertz CT molecular complexity index is 985. The molecular weight excluding hydrogens is 412 g/mol. The molecule has 0 radical (unpaired) electrons. The summed E-state index contributed by atoms with van der Waals surface area (Å²) in [6, 6.07) is 9.07. The van der Waals surface area contributed by atoms with Gasteiger partial charge in [-0.1, -0.05) is 0 Å². The number of amidine groups is 1. The molecule has 3 heterocycles. The second-order valence-electron chi connectivity index (χ2n) is 7.13. The molecular formula is C20H24N10O2. The minimum atomic E-state index is -0.395. The Morgan fingerprint density at radius 1 is 0.969 bits per heavy atom. The van der Waals surface area contributed by atoms with Crippen LogP contribution in [0.25, 0.3) is 11.4 Å². The van der Waals surface area contributed by atoms with E-state index >= 15 is 0 Å². The van der Waals surface area contributed by atoms with E-state index in [9.17, 15) is 0 Å². The molecule has 2 saturated heterocycles. The number of hydrazone groups is 1. The molecule has 4 N–H and O–H groups in total. The summed E-state index contributed by atoms with van der Waals surface area (Å²) in [6.07, 6.45) is 0. The van der Waals surface area contributed by atoms with E-state index in [2.05, 4.69) is 20.3 Å². The zero-order valence-electron chi connectivity index (χ0n) is 17.5. The van der Waals surface area contributed by atoms with E-state index in [4.69, 9.17) is 40.8 Å². The molecule has 1 aromatic carbocycles. The number of anilines is 3. The number of hydrogen-bond acceptors (Lipinski definition) is 11. The van der Waals surface area contributed by atoms with Gasteiger partial charge >= 0.3 is 0 Å². The molecule has 0 bridgehead atoms. The van der Waals surface area contributed by atoms with Crippen LogP contribution in [0.3, 0.4) is 0 Å². The highest BCUT2D eigenvalue weighted by Crippen LogP contribution is 2.24. The molecule has 166 valence electrons. The van der Waals surface area contributed by atoms with Gasteiger partial charge in [0.1, 0.15) is 6.07 Å². The third kappa shape index (κ3) is 5.08. The lowest BCUT2D eigenvalue weighted by Gasteiger charge is -2.30. The van der Waals surface area contributed by atoms with Gasteiger partial charge in [0.25, 0.3) is 0 Å². The van der Waals surface area contributed by atoms with Crippen LogP contribution in [0.5, 0.6) is 0 Å². The summed E-state index contributed by atoms with van der Waals surface area (Å²) < 4.78 is 10.9. The average molecular weight is 436 g/mol. The predicted molar refractivity (Wildman–Crippen MR) is 120 cm³/mol. The van der Waals surface area contributed by atoms with Gasteiger partial charge in [-0.05, 0) is 24.3 Å². The lowest BCUT2D eigenvalue weighted by Crippen LogP contribution is -2.40. The van der Waals surface area contributed by atoms with Crippen LogP contribution in [0, 0.1) is 16.7 Å². The molecule has 32 heavy (non-hydrogen) atoms. The lowest BCUT2D eigenvalue weighted by atomic mass is 10.2. The van der Waals surface area contributed by atoms with Crippen LogP contribution in [0.4, 0.5) is 17.6 Å². The fourth-order valence-electron chi connectivity index (χ4n) is 3.25. The largest absolute Gasteiger partial charge is 0.382 e. The van der Waals surface area contributed by atoms with E-state index < -0.39 is 5.84 Å². The van der Waals surface area contributed by atoms with Gasteiger partial charge in [-0.15, -0.1) is 0 Å². The maximum Gasteiger partial charge on any atom is 0.230 e. The van der Waals surface area contributed by atoms with Gasteiger partial charge in [-0.25, -0.2) is 0 Å². The Morgan fingerprint density at radius 2 is 1.50 bits per heavy atom. The third-order valence-corrected chi connectivity index (χ3v) is 5.00. The minimum absolute atomic E-state index is 0.183. The topological polar surface area (TPSA) is 162 Å². The second kappa shape index (κ2) is 9.99. The van der Waals surface area contributed by atoms with Gasteiger partial charge in [-0.3, -0.25) is 10.8 Å². The van der Waals surface area contributed by atoms with E-state index in [1.165, 1.54) is 0 Å². The number of nitrogens with one attached hydrogen (secondary N) is 2. The van der Waals surface area contributed by atoms with E-state index in [1.54, 1.807) is 18.2 Å². The monoisotopic (exact) mass is 436 g/mol. The highest BCUT2D eigenvalue weighted by atomic mass is 16.5. The third-order valence-electron chi connectivity index (χ3n) is 5.00. The number of hydrogen-bond donors (Lipinski definition) is 3. The molecule has 0 amide bonds. The number of aromatic nitrogens is 3. The fraction of sp³-hybridized carbons (Fsp3) is 0.400. The van der Waals surface area contributed by atoms with Crippen LogP contribution in [-0.4, -0.2) is 79.1 Å². The SMILES string of the molecule is N#C/C(=N\Nc1ccc(-c2nc(N3CCOCC3)nc(N3CCOCC3)n2)cc1)C(=N)N. The Hall–Kier alpha value is -3.82.